The van der Waals surface area contributed by atoms with Gasteiger partial charge in [-0.2, -0.15) is 13.9 Å². The quantitative estimate of drug-likeness (QED) is 0.914. The Morgan fingerprint density at radius 2 is 2.18 bits per heavy atom. The third kappa shape index (κ3) is 3.94. The number of alkyl halides is 2. The molecule has 0 aliphatic rings. The van der Waals surface area contributed by atoms with Crippen LogP contribution >= 0.6 is 11.6 Å². The average molecular weight is 330 g/mol. The fourth-order valence-corrected chi connectivity index (χ4v) is 2.00. The number of ether oxygens (including phenoxy) is 1. The maximum Gasteiger partial charge on any atom is 0.387 e. The second-order valence-corrected chi connectivity index (χ2v) is 5.05. The van der Waals surface area contributed by atoms with Crippen molar-refractivity contribution in [3.05, 3.63) is 40.7 Å². The maximum absolute atomic E-state index is 12.1. The van der Waals surface area contributed by atoms with Crippen molar-refractivity contribution in [3.8, 4) is 5.75 Å². The molecule has 0 saturated heterocycles. The number of hydrogen-bond acceptors (Lipinski definition) is 3. The lowest BCUT2D eigenvalue weighted by Gasteiger charge is -2.11. The Morgan fingerprint density at radius 1 is 1.45 bits per heavy atom. The van der Waals surface area contributed by atoms with Gasteiger partial charge in [-0.1, -0.05) is 11.6 Å². The zero-order chi connectivity index (χ0) is 16.3. The van der Waals surface area contributed by atoms with E-state index < -0.39 is 6.61 Å². The molecule has 0 fully saturated rings. The topological polar surface area (TPSA) is 56.1 Å². The van der Waals surface area contributed by atoms with Crippen LogP contribution in [0.15, 0.2) is 24.4 Å². The van der Waals surface area contributed by atoms with Gasteiger partial charge in [0.25, 0.3) is 0 Å². The summed E-state index contributed by atoms with van der Waals surface area (Å²) in [6, 6.07) is 4.30. The number of halogens is 3. The van der Waals surface area contributed by atoms with Crippen LogP contribution in [0.2, 0.25) is 5.02 Å². The van der Waals surface area contributed by atoms with E-state index in [1.807, 2.05) is 0 Å². The predicted octanol–water partition coefficient (Wildman–Crippen LogP) is 3.39. The Labute approximate surface area is 130 Å². The summed E-state index contributed by atoms with van der Waals surface area (Å²) in [5.74, 6) is -0.256. The lowest BCUT2D eigenvalue weighted by atomic mass is 10.2. The summed E-state index contributed by atoms with van der Waals surface area (Å²) in [4.78, 5) is 12.0. The Hall–Kier alpha value is -2.15. The smallest absolute Gasteiger partial charge is 0.387 e. The number of amides is 1. The first kappa shape index (κ1) is 16.2. The van der Waals surface area contributed by atoms with Gasteiger partial charge in [0.1, 0.15) is 12.3 Å². The minimum Gasteiger partial charge on any atom is -0.435 e. The van der Waals surface area contributed by atoms with Crippen molar-refractivity contribution in [1.82, 2.24) is 9.78 Å². The van der Waals surface area contributed by atoms with Crippen LogP contribution in [0.4, 0.5) is 14.5 Å². The van der Waals surface area contributed by atoms with Gasteiger partial charge in [0, 0.05) is 5.69 Å². The van der Waals surface area contributed by atoms with Gasteiger partial charge < -0.3 is 10.1 Å². The first-order valence-electron chi connectivity index (χ1n) is 6.40. The van der Waals surface area contributed by atoms with Crippen molar-refractivity contribution < 1.29 is 18.3 Å². The van der Waals surface area contributed by atoms with E-state index in [0.29, 0.717) is 22.0 Å². The molecule has 2 rings (SSSR count). The van der Waals surface area contributed by atoms with Crippen molar-refractivity contribution in [2.45, 2.75) is 27.0 Å². The minimum atomic E-state index is -2.88. The van der Waals surface area contributed by atoms with E-state index in [4.69, 9.17) is 11.6 Å². The number of benzene rings is 1. The van der Waals surface area contributed by atoms with Gasteiger partial charge in [0.15, 0.2) is 0 Å². The molecule has 0 radical (unpaired) electrons. The number of carbonyl (C=O) groups is 1. The van der Waals surface area contributed by atoms with Gasteiger partial charge >= 0.3 is 6.61 Å². The number of rotatable bonds is 5. The second kappa shape index (κ2) is 6.74. The summed E-state index contributed by atoms with van der Waals surface area (Å²) in [7, 11) is 0. The first-order chi connectivity index (χ1) is 10.4. The Balaban J connectivity index is 2.04. The molecular formula is C14H14ClF2N3O2. The van der Waals surface area contributed by atoms with Crippen LogP contribution in [0.1, 0.15) is 11.3 Å². The third-order valence-corrected chi connectivity index (χ3v) is 3.40. The molecule has 0 atom stereocenters. The summed E-state index contributed by atoms with van der Waals surface area (Å²) < 4.78 is 30.0. The number of nitrogens with one attached hydrogen (secondary N) is 1. The monoisotopic (exact) mass is 329 g/mol. The fraction of sp³-hybridized carbons (Fsp3) is 0.286. The summed E-state index contributed by atoms with van der Waals surface area (Å²) in [6.07, 6.45) is 1.46. The van der Waals surface area contributed by atoms with E-state index >= 15 is 0 Å². The van der Waals surface area contributed by atoms with Crippen LogP contribution < -0.4 is 10.1 Å². The van der Waals surface area contributed by atoms with Crippen LogP contribution in [-0.4, -0.2) is 22.3 Å². The van der Waals surface area contributed by atoms with E-state index in [1.165, 1.54) is 29.1 Å². The average Bonchev–Trinajstić information content (AvgIpc) is 2.73. The van der Waals surface area contributed by atoms with E-state index in [0.717, 1.165) is 0 Å². The molecule has 0 aliphatic heterocycles. The highest BCUT2D eigenvalue weighted by Gasteiger charge is 2.11. The molecule has 5 nitrogen and oxygen atoms in total. The molecule has 1 aromatic heterocycles. The summed E-state index contributed by atoms with van der Waals surface area (Å²) in [5.41, 5.74) is 1.82. The molecule has 1 aromatic carbocycles. The highest BCUT2D eigenvalue weighted by atomic mass is 35.5. The molecule has 2 aromatic rings. The number of aromatic nitrogens is 2. The van der Waals surface area contributed by atoms with Gasteiger partial charge in [-0.05, 0) is 37.6 Å². The molecule has 0 spiro atoms. The van der Waals surface area contributed by atoms with Crippen LogP contribution in [0.5, 0.6) is 5.75 Å². The van der Waals surface area contributed by atoms with E-state index in [1.54, 1.807) is 13.8 Å². The normalized spacial score (nSPS) is 10.8. The lowest BCUT2D eigenvalue weighted by molar-refractivity contribution is -0.117. The molecule has 0 bridgehead atoms. The maximum atomic E-state index is 12.1. The zero-order valence-corrected chi connectivity index (χ0v) is 12.7. The SMILES string of the molecule is Cc1cc(OC(F)F)ccc1NC(=O)Cn1ncc(Cl)c1C. The van der Waals surface area contributed by atoms with Crippen molar-refractivity contribution >= 4 is 23.2 Å². The summed E-state index contributed by atoms with van der Waals surface area (Å²) >= 11 is 5.87. The van der Waals surface area contributed by atoms with Gasteiger partial charge in [-0.3, -0.25) is 9.48 Å². The summed E-state index contributed by atoms with van der Waals surface area (Å²) in [6.45, 7) is 0.564. The third-order valence-electron chi connectivity index (χ3n) is 3.03. The molecule has 1 amide bonds. The highest BCUT2D eigenvalue weighted by molar-refractivity contribution is 6.31. The number of hydrogen-bond donors (Lipinski definition) is 1. The van der Waals surface area contributed by atoms with Crippen LogP contribution in [0, 0.1) is 13.8 Å². The largest absolute Gasteiger partial charge is 0.435 e. The fourth-order valence-electron chi connectivity index (χ4n) is 1.86. The van der Waals surface area contributed by atoms with Crippen LogP contribution in [-0.2, 0) is 11.3 Å². The van der Waals surface area contributed by atoms with E-state index in [-0.39, 0.29) is 18.2 Å². The van der Waals surface area contributed by atoms with E-state index in [9.17, 15) is 13.6 Å². The first-order valence-corrected chi connectivity index (χ1v) is 6.78. The zero-order valence-electron chi connectivity index (χ0n) is 11.9. The molecule has 0 aliphatic carbocycles. The minimum absolute atomic E-state index is 0.00722. The molecule has 8 heteroatoms. The Bertz CT molecular complexity index is 689. The molecule has 0 unspecified atom stereocenters. The Morgan fingerprint density at radius 3 is 2.73 bits per heavy atom. The van der Waals surface area contributed by atoms with Crippen LogP contribution in [0.3, 0.4) is 0 Å². The molecular weight excluding hydrogens is 316 g/mol. The lowest BCUT2D eigenvalue weighted by Crippen LogP contribution is -2.20. The van der Waals surface area contributed by atoms with Crippen molar-refractivity contribution in [2.75, 3.05) is 5.32 Å². The van der Waals surface area contributed by atoms with Crippen molar-refractivity contribution in [2.24, 2.45) is 0 Å². The van der Waals surface area contributed by atoms with Crippen molar-refractivity contribution in [1.29, 1.82) is 0 Å². The number of anilines is 1. The standard InChI is InChI=1S/C14H14ClF2N3O2/c1-8-5-10(22-14(16)17)3-4-12(8)19-13(21)7-20-9(2)11(15)6-18-20/h3-6,14H,7H2,1-2H3,(H,19,21). The molecule has 22 heavy (non-hydrogen) atoms. The highest BCUT2D eigenvalue weighted by Crippen LogP contribution is 2.23. The Kier molecular flexibility index (Phi) is 4.97. The van der Waals surface area contributed by atoms with E-state index in [2.05, 4.69) is 15.2 Å². The van der Waals surface area contributed by atoms with Crippen molar-refractivity contribution in [3.63, 3.8) is 0 Å². The summed E-state index contributed by atoms with van der Waals surface area (Å²) in [5, 5.41) is 7.16. The van der Waals surface area contributed by atoms with Crippen LogP contribution in [0.25, 0.3) is 0 Å². The predicted molar refractivity (Wildman–Crippen MR) is 78.4 cm³/mol. The number of carbonyl (C=O) groups excluding carboxylic acids is 1. The van der Waals surface area contributed by atoms with Gasteiger partial charge in [0.2, 0.25) is 5.91 Å². The molecule has 1 N–H and O–H groups in total. The van der Waals surface area contributed by atoms with Gasteiger partial charge in [-0.15, -0.1) is 0 Å². The van der Waals surface area contributed by atoms with Gasteiger partial charge in [0.05, 0.1) is 16.9 Å². The second-order valence-electron chi connectivity index (χ2n) is 4.64. The molecule has 1 heterocycles. The van der Waals surface area contributed by atoms with Gasteiger partial charge in [-0.25, -0.2) is 0 Å². The number of nitrogens with zero attached hydrogens (tertiary/aromatic N) is 2. The molecule has 0 saturated carbocycles. The molecule has 118 valence electrons. The number of aryl methyl sites for hydroxylation is 1.